The lowest BCUT2D eigenvalue weighted by Crippen LogP contribution is -2.26. The molecule has 0 amide bonds. The lowest BCUT2D eigenvalue weighted by atomic mass is 9.69. The van der Waals surface area contributed by atoms with Crippen LogP contribution >= 0.6 is 11.3 Å². The van der Waals surface area contributed by atoms with Gasteiger partial charge in [-0.1, -0.05) is 167 Å². The van der Waals surface area contributed by atoms with E-state index in [0.29, 0.717) is 0 Å². The van der Waals surface area contributed by atoms with Gasteiger partial charge in [-0.2, -0.15) is 0 Å². The lowest BCUT2D eigenvalue weighted by molar-refractivity contribution is 0.522. The minimum absolute atomic E-state index is 0.194. The first-order chi connectivity index (χ1) is 28.6. The molecule has 59 heavy (non-hydrogen) atoms. The molecule has 2 aliphatic rings. The number of fused-ring (bicyclic) bond motifs is 8. The zero-order chi connectivity index (χ0) is 40.5. The topological polar surface area (TPSA) is 0 Å². The van der Waals surface area contributed by atoms with Crippen molar-refractivity contribution < 1.29 is 0 Å². The van der Waals surface area contributed by atoms with E-state index in [0.717, 1.165) is 25.7 Å². The summed E-state index contributed by atoms with van der Waals surface area (Å²) >= 11 is 1.92. The van der Waals surface area contributed by atoms with Gasteiger partial charge in [0, 0.05) is 31.0 Å². The molecule has 0 fully saturated rings. The van der Waals surface area contributed by atoms with Crippen LogP contribution in [0.1, 0.15) is 91.5 Å². The molecule has 1 atom stereocenters. The first kappa shape index (κ1) is 37.5. The number of rotatable bonds is 8. The summed E-state index contributed by atoms with van der Waals surface area (Å²) in [4.78, 5) is 0. The summed E-state index contributed by atoms with van der Waals surface area (Å²) in [6, 6.07) is 51.4. The van der Waals surface area contributed by atoms with Crippen LogP contribution in [0.5, 0.6) is 0 Å². The van der Waals surface area contributed by atoms with E-state index in [-0.39, 0.29) is 10.8 Å². The molecule has 0 N–H and O–H groups in total. The minimum atomic E-state index is -0.232. The predicted octanol–water partition coefficient (Wildman–Crippen LogP) is 16.4. The van der Waals surface area contributed by atoms with E-state index in [2.05, 4.69) is 199 Å². The van der Waals surface area contributed by atoms with Crippen molar-refractivity contribution in [2.24, 2.45) is 0 Å². The van der Waals surface area contributed by atoms with Crippen LogP contribution in [0.3, 0.4) is 0 Å². The number of benzene rings is 7. The predicted molar refractivity (Wildman–Crippen MR) is 257 cm³/mol. The van der Waals surface area contributed by atoms with Gasteiger partial charge in [-0.15, -0.1) is 11.3 Å². The van der Waals surface area contributed by atoms with Crippen LogP contribution in [0.25, 0.3) is 58.8 Å². The van der Waals surface area contributed by atoms with Crippen molar-refractivity contribution in [2.45, 2.75) is 78.1 Å². The Kier molecular flexibility index (Phi) is 9.22. The lowest BCUT2D eigenvalue weighted by Gasteiger charge is -2.34. The molecule has 290 valence electrons. The molecular formula is C58H52S. The molecule has 1 heteroatoms. The Morgan fingerprint density at radius 1 is 0.661 bits per heavy atom. The summed E-state index contributed by atoms with van der Waals surface area (Å²) in [7, 11) is 0. The molecule has 7 aromatic carbocycles. The maximum Gasteiger partial charge on any atom is 0.0358 e. The second-order valence-electron chi connectivity index (χ2n) is 17.8. The van der Waals surface area contributed by atoms with E-state index in [1.165, 1.54) is 109 Å². The molecule has 0 bridgehead atoms. The van der Waals surface area contributed by atoms with Gasteiger partial charge in [-0.3, -0.25) is 0 Å². The number of hydrogen-bond donors (Lipinski definition) is 0. The van der Waals surface area contributed by atoms with E-state index in [4.69, 9.17) is 0 Å². The molecule has 1 aromatic heterocycles. The largest absolute Gasteiger partial charge is 0.135 e. The standard InChI is InChI=1S/C58H52S/c1-7-39-16-8-9-17-41(33-39)42-18-14-19-43(34-42)49-36-52-55(46-21-11-10-20-45(46)49)47-29-28-44(35-51(47)57(52,4)5)58(6,31-30-40-27-26-37(2)38(3)32-40)50-23-15-25-54-56(50)48-22-12-13-24-53(48)59-54/h8-15,17-29,32-36H,7,16,30-31H2,1-6H3. The van der Waals surface area contributed by atoms with Gasteiger partial charge in [0.2, 0.25) is 0 Å². The average molecular weight is 781 g/mol. The highest BCUT2D eigenvalue weighted by molar-refractivity contribution is 7.25. The zero-order valence-electron chi connectivity index (χ0n) is 35.2. The van der Waals surface area contributed by atoms with Crippen molar-refractivity contribution >= 4 is 47.9 Å². The quantitative estimate of drug-likeness (QED) is 0.144. The SMILES string of the molecule is CCC1=CC(c2cccc(-c3cc4c(c5ccccc35)-c3ccc(C(C)(CCc5ccc(C)c(C)c5)c5cccc6sc7ccccc7c56)cc3C4(C)C)c2)=CC=CC1. The Labute approximate surface area is 354 Å². The van der Waals surface area contributed by atoms with Crippen LogP contribution < -0.4 is 0 Å². The molecule has 10 rings (SSSR count). The highest BCUT2D eigenvalue weighted by Gasteiger charge is 2.40. The fourth-order valence-electron chi connectivity index (χ4n) is 10.2. The van der Waals surface area contributed by atoms with Crippen LogP contribution in [0, 0.1) is 13.8 Å². The second kappa shape index (κ2) is 14.5. The van der Waals surface area contributed by atoms with E-state index in [1.54, 1.807) is 0 Å². The van der Waals surface area contributed by atoms with Crippen LogP contribution in [0.2, 0.25) is 0 Å². The molecule has 0 saturated carbocycles. The molecule has 0 aliphatic heterocycles. The van der Waals surface area contributed by atoms with Gasteiger partial charge < -0.3 is 0 Å². The van der Waals surface area contributed by atoms with Gasteiger partial charge in [-0.25, -0.2) is 0 Å². The Bertz CT molecular complexity index is 3070. The number of thiophene rings is 1. The normalized spacial score (nSPS) is 15.5. The zero-order valence-corrected chi connectivity index (χ0v) is 36.1. The third-order valence-corrected chi connectivity index (χ3v) is 15.0. The molecule has 0 nitrogen and oxygen atoms in total. The maximum absolute atomic E-state index is 2.60. The number of aryl methyl sites for hydroxylation is 3. The Morgan fingerprint density at radius 2 is 1.42 bits per heavy atom. The first-order valence-electron chi connectivity index (χ1n) is 21.5. The average Bonchev–Trinajstić information content (AvgIpc) is 3.62. The minimum Gasteiger partial charge on any atom is -0.135 e. The van der Waals surface area contributed by atoms with Crippen LogP contribution in [0.4, 0.5) is 0 Å². The molecule has 1 unspecified atom stereocenters. The van der Waals surface area contributed by atoms with Crippen molar-refractivity contribution in [1.82, 2.24) is 0 Å². The summed E-state index contributed by atoms with van der Waals surface area (Å²) in [5, 5.41) is 5.42. The summed E-state index contributed by atoms with van der Waals surface area (Å²) in [6.07, 6.45) is 13.3. The molecule has 8 aromatic rings. The summed E-state index contributed by atoms with van der Waals surface area (Å²) in [5.74, 6) is 0. The van der Waals surface area contributed by atoms with Crippen LogP contribution in [0.15, 0.2) is 163 Å². The Hall–Kier alpha value is -5.76. The van der Waals surface area contributed by atoms with E-state index < -0.39 is 0 Å². The first-order valence-corrected chi connectivity index (χ1v) is 22.3. The molecule has 0 radical (unpaired) electrons. The molecule has 2 aliphatic carbocycles. The van der Waals surface area contributed by atoms with Gasteiger partial charge in [0.15, 0.2) is 0 Å². The molecule has 0 saturated heterocycles. The number of hydrogen-bond acceptors (Lipinski definition) is 1. The summed E-state index contributed by atoms with van der Waals surface area (Å²) < 4.78 is 2.72. The fourth-order valence-corrected chi connectivity index (χ4v) is 11.3. The van der Waals surface area contributed by atoms with Crippen molar-refractivity contribution in [3.8, 4) is 22.3 Å². The number of allylic oxidation sites excluding steroid dienone is 6. The maximum atomic E-state index is 2.60. The van der Waals surface area contributed by atoms with E-state index >= 15 is 0 Å². The van der Waals surface area contributed by atoms with Crippen molar-refractivity contribution in [3.05, 3.63) is 208 Å². The Morgan fingerprint density at radius 3 is 2.25 bits per heavy atom. The van der Waals surface area contributed by atoms with Crippen molar-refractivity contribution in [2.75, 3.05) is 0 Å². The van der Waals surface area contributed by atoms with Crippen molar-refractivity contribution in [3.63, 3.8) is 0 Å². The van der Waals surface area contributed by atoms with E-state index in [9.17, 15) is 0 Å². The van der Waals surface area contributed by atoms with Gasteiger partial charge in [0.25, 0.3) is 0 Å². The molecule has 0 spiro atoms. The monoisotopic (exact) mass is 780 g/mol. The molecular weight excluding hydrogens is 729 g/mol. The van der Waals surface area contributed by atoms with E-state index in [1.807, 2.05) is 11.3 Å². The van der Waals surface area contributed by atoms with Gasteiger partial charge in [0.05, 0.1) is 0 Å². The van der Waals surface area contributed by atoms with Gasteiger partial charge in [0.1, 0.15) is 0 Å². The summed E-state index contributed by atoms with van der Waals surface area (Å²) in [5.41, 5.74) is 18.7. The Balaban J connectivity index is 1.13. The smallest absolute Gasteiger partial charge is 0.0358 e. The van der Waals surface area contributed by atoms with Crippen molar-refractivity contribution in [1.29, 1.82) is 0 Å². The van der Waals surface area contributed by atoms with Gasteiger partial charge in [-0.05, 0) is 147 Å². The highest BCUT2D eigenvalue weighted by atomic mass is 32.1. The van der Waals surface area contributed by atoms with Gasteiger partial charge >= 0.3 is 0 Å². The van der Waals surface area contributed by atoms with Crippen LogP contribution in [-0.4, -0.2) is 0 Å². The third-order valence-electron chi connectivity index (χ3n) is 13.9. The third kappa shape index (κ3) is 6.25. The summed E-state index contributed by atoms with van der Waals surface area (Å²) in [6.45, 7) is 14.1. The highest BCUT2D eigenvalue weighted by Crippen LogP contribution is 2.55. The fraction of sp³-hybridized carbons (Fsp3) is 0.207. The molecule has 1 heterocycles. The van der Waals surface area contributed by atoms with Crippen LogP contribution in [-0.2, 0) is 17.3 Å². The second-order valence-corrected chi connectivity index (χ2v) is 18.9.